The minimum Gasteiger partial charge on any atom is -0.444 e. The van der Waals surface area contributed by atoms with Crippen LogP contribution in [-0.2, 0) is 9.53 Å². The predicted octanol–water partition coefficient (Wildman–Crippen LogP) is 1.39. The minimum absolute atomic E-state index is 0.390. The maximum absolute atomic E-state index is 12.2. The van der Waals surface area contributed by atoms with E-state index >= 15 is 0 Å². The molecule has 2 amide bonds. The van der Waals surface area contributed by atoms with Crippen molar-refractivity contribution in [1.29, 1.82) is 0 Å². The lowest BCUT2D eigenvalue weighted by molar-refractivity contribution is -0.136. The van der Waals surface area contributed by atoms with Crippen molar-refractivity contribution in [2.24, 2.45) is 5.41 Å². The lowest BCUT2D eigenvalue weighted by atomic mass is 9.91. The summed E-state index contributed by atoms with van der Waals surface area (Å²) in [6.45, 7) is 10.9. The second-order valence-electron chi connectivity index (χ2n) is 6.95. The standard InChI is InChI=1S/C13H24N2O4/c1-12(2,3)10-14(7)8(16)9(17)15(10)11(18)19-13(4,5)6/h9-10,17H,1-7H3/t9-,10+/m0/s1. The number of nitrogens with zero attached hydrogens (tertiary/aromatic N) is 2. The number of hydrogen-bond acceptors (Lipinski definition) is 4. The summed E-state index contributed by atoms with van der Waals surface area (Å²) in [6, 6.07) is 0. The average Bonchev–Trinajstić information content (AvgIpc) is 2.39. The number of hydrogen-bond donors (Lipinski definition) is 1. The summed E-state index contributed by atoms with van der Waals surface area (Å²) >= 11 is 0. The van der Waals surface area contributed by atoms with Gasteiger partial charge in [-0.2, -0.15) is 0 Å². The van der Waals surface area contributed by atoms with Gasteiger partial charge in [0.05, 0.1) is 0 Å². The Morgan fingerprint density at radius 2 is 1.68 bits per heavy atom. The number of aliphatic hydroxyl groups excluding tert-OH is 1. The molecule has 0 aromatic rings. The molecule has 1 aliphatic rings. The number of carbonyl (C=O) groups is 2. The first kappa shape index (κ1) is 15.8. The van der Waals surface area contributed by atoms with Crippen molar-refractivity contribution in [1.82, 2.24) is 9.80 Å². The van der Waals surface area contributed by atoms with Crippen LogP contribution in [-0.4, -0.2) is 51.9 Å². The molecule has 1 rings (SSSR count). The lowest BCUT2D eigenvalue weighted by Crippen LogP contribution is -2.52. The third-order valence-corrected chi connectivity index (χ3v) is 2.84. The van der Waals surface area contributed by atoms with E-state index < -0.39 is 35.4 Å². The highest BCUT2D eigenvalue weighted by Crippen LogP contribution is 2.34. The third-order valence-electron chi connectivity index (χ3n) is 2.84. The normalized spacial score (nSPS) is 24.9. The SMILES string of the molecule is CN1C(=O)[C@H](O)N(C(=O)OC(C)(C)C)[C@@H]1C(C)(C)C. The molecule has 1 aliphatic heterocycles. The average molecular weight is 272 g/mol. The van der Waals surface area contributed by atoms with Crippen molar-refractivity contribution in [2.45, 2.75) is 59.5 Å². The summed E-state index contributed by atoms with van der Waals surface area (Å²) in [5, 5.41) is 9.96. The van der Waals surface area contributed by atoms with Crippen molar-refractivity contribution < 1.29 is 19.4 Å². The van der Waals surface area contributed by atoms with Crippen LogP contribution in [0.5, 0.6) is 0 Å². The molecule has 0 unspecified atom stereocenters. The first-order chi connectivity index (χ1) is 8.36. The molecule has 1 fully saturated rings. The number of ether oxygens (including phenoxy) is 1. The molecule has 6 heteroatoms. The topological polar surface area (TPSA) is 70.1 Å². The van der Waals surface area contributed by atoms with Crippen LogP contribution in [0.25, 0.3) is 0 Å². The van der Waals surface area contributed by atoms with E-state index in [-0.39, 0.29) is 0 Å². The van der Waals surface area contributed by atoms with Crippen LogP contribution in [0.1, 0.15) is 41.5 Å². The predicted molar refractivity (Wildman–Crippen MR) is 70.1 cm³/mol. The molecule has 0 aromatic heterocycles. The summed E-state index contributed by atoms with van der Waals surface area (Å²) < 4.78 is 5.26. The van der Waals surface area contributed by atoms with Crippen molar-refractivity contribution >= 4 is 12.0 Å². The number of amides is 2. The molecule has 0 saturated carbocycles. The molecule has 0 aliphatic carbocycles. The molecule has 1 heterocycles. The summed E-state index contributed by atoms with van der Waals surface area (Å²) in [5.74, 6) is -0.495. The Morgan fingerprint density at radius 1 is 1.21 bits per heavy atom. The number of carbonyl (C=O) groups excluding carboxylic acids is 2. The van der Waals surface area contributed by atoms with Crippen LogP contribution >= 0.6 is 0 Å². The fourth-order valence-electron chi connectivity index (χ4n) is 2.25. The second kappa shape index (κ2) is 4.67. The maximum Gasteiger partial charge on any atom is 0.414 e. The van der Waals surface area contributed by atoms with E-state index in [4.69, 9.17) is 4.74 Å². The van der Waals surface area contributed by atoms with Gasteiger partial charge in [-0.25, -0.2) is 4.79 Å². The van der Waals surface area contributed by atoms with Gasteiger partial charge < -0.3 is 14.7 Å². The number of rotatable bonds is 0. The molecular formula is C13H24N2O4. The minimum atomic E-state index is -1.48. The molecule has 110 valence electrons. The first-order valence-corrected chi connectivity index (χ1v) is 6.32. The van der Waals surface area contributed by atoms with E-state index in [0.29, 0.717) is 0 Å². The highest BCUT2D eigenvalue weighted by atomic mass is 16.6. The molecule has 2 atom stereocenters. The van der Waals surface area contributed by atoms with Gasteiger partial charge in [0.1, 0.15) is 11.8 Å². The molecule has 6 nitrogen and oxygen atoms in total. The van der Waals surface area contributed by atoms with Crippen molar-refractivity contribution in [2.75, 3.05) is 7.05 Å². The quantitative estimate of drug-likeness (QED) is 0.723. The number of likely N-dealkylation sites (N-methyl/N-ethyl adjacent to an activating group) is 1. The molecule has 0 spiro atoms. The summed E-state index contributed by atoms with van der Waals surface area (Å²) in [7, 11) is 1.58. The molecule has 1 N–H and O–H groups in total. The third kappa shape index (κ3) is 3.18. The fraction of sp³-hybridized carbons (Fsp3) is 0.846. The molecular weight excluding hydrogens is 248 g/mol. The van der Waals surface area contributed by atoms with E-state index in [0.717, 1.165) is 4.90 Å². The van der Waals surface area contributed by atoms with Crippen LogP contribution in [0.2, 0.25) is 0 Å². The lowest BCUT2D eigenvalue weighted by Gasteiger charge is -2.38. The molecule has 1 saturated heterocycles. The van der Waals surface area contributed by atoms with E-state index in [1.54, 1.807) is 27.8 Å². The first-order valence-electron chi connectivity index (χ1n) is 6.32. The van der Waals surface area contributed by atoms with E-state index in [2.05, 4.69) is 0 Å². The van der Waals surface area contributed by atoms with Crippen molar-refractivity contribution in [3.8, 4) is 0 Å². The van der Waals surface area contributed by atoms with E-state index in [1.807, 2.05) is 20.8 Å². The zero-order chi connectivity index (χ0) is 15.2. The zero-order valence-corrected chi connectivity index (χ0v) is 12.7. The van der Waals surface area contributed by atoms with Gasteiger partial charge >= 0.3 is 6.09 Å². The Labute approximate surface area is 114 Å². The fourth-order valence-corrected chi connectivity index (χ4v) is 2.25. The van der Waals surface area contributed by atoms with Crippen molar-refractivity contribution in [3.63, 3.8) is 0 Å². The van der Waals surface area contributed by atoms with Gasteiger partial charge in [-0.05, 0) is 20.8 Å². The zero-order valence-electron chi connectivity index (χ0n) is 12.7. The highest BCUT2D eigenvalue weighted by molar-refractivity contribution is 5.88. The molecule has 0 radical (unpaired) electrons. The Morgan fingerprint density at radius 3 is 2.05 bits per heavy atom. The van der Waals surface area contributed by atoms with Crippen LogP contribution in [0.15, 0.2) is 0 Å². The Balaban J connectivity index is 3.08. The Bertz CT molecular complexity index is 381. The van der Waals surface area contributed by atoms with E-state index in [1.165, 1.54) is 4.90 Å². The monoisotopic (exact) mass is 272 g/mol. The Hall–Kier alpha value is -1.30. The highest BCUT2D eigenvalue weighted by Gasteiger charge is 2.52. The van der Waals surface area contributed by atoms with Gasteiger partial charge in [0.2, 0.25) is 6.23 Å². The summed E-state index contributed by atoms with van der Waals surface area (Å²) in [4.78, 5) is 26.5. The largest absolute Gasteiger partial charge is 0.444 e. The van der Waals surface area contributed by atoms with Gasteiger partial charge in [-0.15, -0.1) is 0 Å². The van der Waals surface area contributed by atoms with Crippen molar-refractivity contribution in [3.05, 3.63) is 0 Å². The van der Waals surface area contributed by atoms with Crippen LogP contribution in [0.3, 0.4) is 0 Å². The van der Waals surface area contributed by atoms with Gasteiger partial charge in [0.15, 0.2) is 0 Å². The van der Waals surface area contributed by atoms with Gasteiger partial charge in [0.25, 0.3) is 5.91 Å². The maximum atomic E-state index is 12.2. The molecule has 19 heavy (non-hydrogen) atoms. The molecule has 0 bridgehead atoms. The second-order valence-corrected chi connectivity index (χ2v) is 6.95. The Kier molecular flexibility index (Phi) is 3.87. The molecule has 0 aromatic carbocycles. The van der Waals surface area contributed by atoms with Gasteiger partial charge in [-0.1, -0.05) is 20.8 Å². The summed E-state index contributed by atoms with van der Waals surface area (Å²) in [5.41, 5.74) is -1.07. The van der Waals surface area contributed by atoms with E-state index in [9.17, 15) is 14.7 Å². The van der Waals surface area contributed by atoms with Gasteiger partial charge in [0, 0.05) is 12.5 Å². The smallest absolute Gasteiger partial charge is 0.414 e. The van der Waals surface area contributed by atoms with Crippen LogP contribution < -0.4 is 0 Å². The number of aliphatic hydroxyl groups is 1. The van der Waals surface area contributed by atoms with Crippen LogP contribution in [0, 0.1) is 5.41 Å². The summed E-state index contributed by atoms with van der Waals surface area (Å²) in [6.07, 6.45) is -2.70. The van der Waals surface area contributed by atoms with Crippen LogP contribution in [0.4, 0.5) is 4.79 Å². The van der Waals surface area contributed by atoms with Gasteiger partial charge in [-0.3, -0.25) is 9.69 Å².